The number of benzene rings is 2. The number of hydrogen-bond donors (Lipinski definition) is 2. The second kappa shape index (κ2) is 10.0. The van der Waals surface area contributed by atoms with Crippen LogP contribution in [0.3, 0.4) is 0 Å². The van der Waals surface area contributed by atoms with Gasteiger partial charge in [0.05, 0.1) is 18.8 Å². The molecule has 0 bridgehead atoms. The summed E-state index contributed by atoms with van der Waals surface area (Å²) in [6.45, 7) is 3.83. The number of rotatable bonds is 7. The van der Waals surface area contributed by atoms with E-state index >= 15 is 0 Å². The average molecular weight is 429 g/mol. The molecule has 2 aromatic rings. The molecule has 1 aliphatic heterocycles. The molecular formula is C24H29FN2O4. The number of hydrogen-bond acceptors (Lipinski definition) is 4. The Labute approximate surface area is 182 Å². The van der Waals surface area contributed by atoms with Gasteiger partial charge in [-0.15, -0.1) is 0 Å². The van der Waals surface area contributed by atoms with E-state index in [1.54, 1.807) is 19.2 Å². The molecule has 31 heavy (non-hydrogen) atoms. The summed E-state index contributed by atoms with van der Waals surface area (Å²) in [6.07, 6.45) is 0.857. The first-order valence-corrected chi connectivity index (χ1v) is 10.4. The topological polar surface area (TPSA) is 76.7 Å². The summed E-state index contributed by atoms with van der Waals surface area (Å²) in [6, 6.07) is 13.8. The Bertz CT molecular complexity index is 901. The minimum absolute atomic E-state index is 0.0798. The molecule has 3 atom stereocenters. The summed E-state index contributed by atoms with van der Waals surface area (Å²) < 4.78 is 24.8. The van der Waals surface area contributed by atoms with Gasteiger partial charge in [-0.3, -0.25) is 9.59 Å². The maximum atomic E-state index is 13.4. The van der Waals surface area contributed by atoms with Gasteiger partial charge in [0.2, 0.25) is 11.8 Å². The molecule has 1 heterocycles. The van der Waals surface area contributed by atoms with E-state index in [-0.39, 0.29) is 36.3 Å². The molecule has 6 nitrogen and oxygen atoms in total. The van der Waals surface area contributed by atoms with Crippen LogP contribution in [0.25, 0.3) is 0 Å². The number of anilines is 1. The number of nitrogens with one attached hydrogen (secondary N) is 2. The second-order valence-electron chi connectivity index (χ2n) is 8.23. The van der Waals surface area contributed by atoms with Crippen molar-refractivity contribution >= 4 is 17.5 Å². The van der Waals surface area contributed by atoms with Gasteiger partial charge in [-0.2, -0.15) is 0 Å². The van der Waals surface area contributed by atoms with Gasteiger partial charge >= 0.3 is 0 Å². The first-order valence-electron chi connectivity index (χ1n) is 10.4. The number of carbonyl (C=O) groups is 2. The van der Waals surface area contributed by atoms with Crippen LogP contribution in [0.4, 0.5) is 10.1 Å². The van der Waals surface area contributed by atoms with Crippen molar-refractivity contribution in [2.75, 3.05) is 19.0 Å². The third kappa shape index (κ3) is 6.35. The lowest BCUT2D eigenvalue weighted by Crippen LogP contribution is -2.51. The molecule has 0 spiro atoms. The van der Waals surface area contributed by atoms with E-state index in [4.69, 9.17) is 9.47 Å². The van der Waals surface area contributed by atoms with Crippen LogP contribution in [-0.2, 0) is 19.1 Å². The maximum Gasteiger partial charge on any atom is 0.222 e. The third-order valence-corrected chi connectivity index (χ3v) is 5.42. The van der Waals surface area contributed by atoms with E-state index in [1.165, 1.54) is 19.1 Å². The SMILES string of the molecule is COCCC(=O)N[C@@]1(C)C[C@@H](c2ccc(F)cc2)O[C@@H](c2ccc(NC(C)=O)cc2)C1. The van der Waals surface area contributed by atoms with Crippen molar-refractivity contribution in [2.24, 2.45) is 0 Å². The molecule has 0 radical (unpaired) electrons. The average Bonchev–Trinajstić information content (AvgIpc) is 2.72. The normalized spacial score (nSPS) is 23.2. The summed E-state index contributed by atoms with van der Waals surface area (Å²) in [4.78, 5) is 23.7. The highest BCUT2D eigenvalue weighted by molar-refractivity contribution is 5.88. The first kappa shape index (κ1) is 22.9. The predicted octanol–water partition coefficient (Wildman–Crippen LogP) is 4.29. The van der Waals surface area contributed by atoms with Crippen LogP contribution in [0.5, 0.6) is 0 Å². The summed E-state index contributed by atoms with van der Waals surface area (Å²) in [7, 11) is 1.56. The summed E-state index contributed by atoms with van der Waals surface area (Å²) in [5.74, 6) is -0.520. The van der Waals surface area contributed by atoms with Crippen molar-refractivity contribution in [3.8, 4) is 0 Å². The molecule has 0 aliphatic carbocycles. The van der Waals surface area contributed by atoms with E-state index in [0.29, 0.717) is 25.1 Å². The van der Waals surface area contributed by atoms with Crippen LogP contribution in [0.1, 0.15) is 56.4 Å². The van der Waals surface area contributed by atoms with Crippen LogP contribution < -0.4 is 10.6 Å². The fraction of sp³-hybridized carbons (Fsp3) is 0.417. The Morgan fingerprint density at radius 3 is 2.13 bits per heavy atom. The first-order chi connectivity index (χ1) is 14.8. The predicted molar refractivity (Wildman–Crippen MR) is 116 cm³/mol. The zero-order valence-corrected chi connectivity index (χ0v) is 18.1. The molecule has 0 aromatic heterocycles. The lowest BCUT2D eigenvalue weighted by molar-refractivity contribution is -0.129. The molecule has 7 heteroatoms. The van der Waals surface area contributed by atoms with Crippen molar-refractivity contribution in [1.82, 2.24) is 5.32 Å². The molecule has 1 aliphatic rings. The smallest absolute Gasteiger partial charge is 0.222 e. The Kier molecular flexibility index (Phi) is 7.41. The Morgan fingerprint density at radius 2 is 1.61 bits per heavy atom. The Balaban J connectivity index is 1.84. The number of amides is 2. The monoisotopic (exact) mass is 428 g/mol. The molecule has 2 aromatic carbocycles. The molecule has 3 rings (SSSR count). The van der Waals surface area contributed by atoms with E-state index < -0.39 is 5.54 Å². The minimum Gasteiger partial charge on any atom is -0.384 e. The zero-order valence-electron chi connectivity index (χ0n) is 18.1. The highest BCUT2D eigenvalue weighted by Crippen LogP contribution is 2.43. The summed E-state index contributed by atoms with van der Waals surface area (Å²) in [5, 5.41) is 5.90. The van der Waals surface area contributed by atoms with E-state index in [2.05, 4.69) is 10.6 Å². The number of methoxy groups -OCH3 is 1. The van der Waals surface area contributed by atoms with Crippen LogP contribution in [0.2, 0.25) is 0 Å². The fourth-order valence-corrected chi connectivity index (χ4v) is 3.95. The molecule has 0 saturated carbocycles. The van der Waals surface area contributed by atoms with Crippen molar-refractivity contribution in [3.63, 3.8) is 0 Å². The molecule has 1 fully saturated rings. The van der Waals surface area contributed by atoms with Gasteiger partial charge in [-0.05, 0) is 42.3 Å². The molecule has 2 amide bonds. The standard InChI is InChI=1S/C24H29FN2O4/c1-16(28)26-20-10-6-18(7-11-20)22-15-24(2,27-23(29)12-13-30-3)14-21(31-22)17-4-8-19(25)9-5-17/h4-11,21-22H,12-15H2,1-3H3,(H,26,28)(H,27,29)/t21-,22+,24-/m0/s1. The van der Waals surface area contributed by atoms with Gasteiger partial charge in [0.25, 0.3) is 0 Å². The number of carbonyl (C=O) groups excluding carboxylic acids is 2. The molecule has 166 valence electrons. The Hall–Kier alpha value is -2.77. The number of halogens is 1. The van der Waals surface area contributed by atoms with Crippen molar-refractivity contribution in [2.45, 2.75) is 50.9 Å². The van der Waals surface area contributed by atoms with Crippen LogP contribution in [0, 0.1) is 5.82 Å². The fourth-order valence-electron chi connectivity index (χ4n) is 3.95. The molecule has 1 saturated heterocycles. The zero-order chi connectivity index (χ0) is 22.4. The van der Waals surface area contributed by atoms with Gasteiger partial charge in [0.1, 0.15) is 5.82 Å². The number of ether oxygens (including phenoxy) is 2. The van der Waals surface area contributed by atoms with Gasteiger partial charge < -0.3 is 20.1 Å². The van der Waals surface area contributed by atoms with Crippen LogP contribution in [0.15, 0.2) is 48.5 Å². The van der Waals surface area contributed by atoms with Gasteiger partial charge in [0.15, 0.2) is 0 Å². The van der Waals surface area contributed by atoms with Crippen molar-refractivity contribution in [3.05, 3.63) is 65.5 Å². The van der Waals surface area contributed by atoms with E-state index in [0.717, 1.165) is 11.1 Å². The van der Waals surface area contributed by atoms with Gasteiger partial charge in [-0.25, -0.2) is 4.39 Å². The summed E-state index contributed by atoms with van der Waals surface area (Å²) in [5.41, 5.74) is 2.00. The molecule has 0 unspecified atom stereocenters. The van der Waals surface area contributed by atoms with Crippen LogP contribution >= 0.6 is 0 Å². The van der Waals surface area contributed by atoms with Crippen LogP contribution in [-0.4, -0.2) is 31.1 Å². The highest BCUT2D eigenvalue weighted by Gasteiger charge is 2.40. The third-order valence-electron chi connectivity index (χ3n) is 5.42. The molecule has 2 N–H and O–H groups in total. The highest BCUT2D eigenvalue weighted by atomic mass is 19.1. The summed E-state index contributed by atoms with van der Waals surface area (Å²) >= 11 is 0. The van der Waals surface area contributed by atoms with Crippen molar-refractivity contribution in [1.29, 1.82) is 0 Å². The largest absolute Gasteiger partial charge is 0.384 e. The van der Waals surface area contributed by atoms with E-state index in [1.807, 2.05) is 31.2 Å². The second-order valence-corrected chi connectivity index (χ2v) is 8.23. The van der Waals surface area contributed by atoms with Gasteiger partial charge in [-0.1, -0.05) is 24.3 Å². The van der Waals surface area contributed by atoms with E-state index in [9.17, 15) is 14.0 Å². The van der Waals surface area contributed by atoms with Gasteiger partial charge in [0, 0.05) is 44.5 Å². The molecular weight excluding hydrogens is 399 g/mol. The Morgan fingerprint density at radius 1 is 1.06 bits per heavy atom. The van der Waals surface area contributed by atoms with Crippen molar-refractivity contribution < 1.29 is 23.5 Å². The lowest BCUT2D eigenvalue weighted by Gasteiger charge is -2.43. The maximum absolute atomic E-state index is 13.4. The quantitative estimate of drug-likeness (QED) is 0.690. The minimum atomic E-state index is -0.511. The lowest BCUT2D eigenvalue weighted by atomic mass is 9.81.